The van der Waals surface area contributed by atoms with Gasteiger partial charge >= 0.3 is 6.03 Å². The number of benzene rings is 1. The van der Waals surface area contributed by atoms with Crippen molar-refractivity contribution in [1.29, 1.82) is 0 Å². The zero-order valence-corrected chi connectivity index (χ0v) is 16.7. The number of piperazine rings is 1. The lowest BCUT2D eigenvalue weighted by Crippen LogP contribution is -2.51. The highest BCUT2D eigenvalue weighted by Crippen LogP contribution is 2.07. The Labute approximate surface area is 166 Å². The summed E-state index contributed by atoms with van der Waals surface area (Å²) in [6, 6.07) is 10.2. The van der Waals surface area contributed by atoms with Crippen LogP contribution in [0.5, 0.6) is 0 Å². The largest absolute Gasteiger partial charge is 0.339 e. The van der Waals surface area contributed by atoms with Crippen molar-refractivity contribution in [2.24, 2.45) is 5.92 Å². The van der Waals surface area contributed by atoms with Crippen molar-refractivity contribution >= 4 is 12.1 Å². The standard InChI is InChI=1S/C21H29N5O2/c1-17(2)15-20-23-19(24-28-20)16-22-21(27)26-13-11-25(12-14-26)10-6-9-18-7-4-3-5-8-18/h3-9,17H,10-16H2,1-2H3,(H,22,27). The summed E-state index contributed by atoms with van der Waals surface area (Å²) in [7, 11) is 0. The number of carbonyl (C=O) groups excluding carboxylic acids is 1. The minimum Gasteiger partial charge on any atom is -0.339 e. The zero-order chi connectivity index (χ0) is 19.8. The zero-order valence-electron chi connectivity index (χ0n) is 16.7. The molecule has 1 saturated heterocycles. The van der Waals surface area contributed by atoms with Crippen molar-refractivity contribution in [2.75, 3.05) is 32.7 Å². The Morgan fingerprint density at radius 1 is 1.21 bits per heavy atom. The normalized spacial score (nSPS) is 15.5. The third-order valence-corrected chi connectivity index (χ3v) is 4.62. The molecule has 1 aliphatic heterocycles. The van der Waals surface area contributed by atoms with Crippen LogP contribution in [0.3, 0.4) is 0 Å². The van der Waals surface area contributed by atoms with Gasteiger partial charge in [0.25, 0.3) is 0 Å². The van der Waals surface area contributed by atoms with Crippen LogP contribution in [0.2, 0.25) is 0 Å². The molecule has 28 heavy (non-hydrogen) atoms. The van der Waals surface area contributed by atoms with Crippen LogP contribution in [0.1, 0.15) is 31.1 Å². The molecular weight excluding hydrogens is 354 g/mol. The summed E-state index contributed by atoms with van der Waals surface area (Å²) in [6.07, 6.45) is 5.06. The number of nitrogens with one attached hydrogen (secondary N) is 1. The lowest BCUT2D eigenvalue weighted by Gasteiger charge is -2.34. The molecule has 0 bridgehead atoms. The molecule has 150 valence electrons. The summed E-state index contributed by atoms with van der Waals surface area (Å²) >= 11 is 0. The molecule has 1 fully saturated rings. The summed E-state index contributed by atoms with van der Waals surface area (Å²) in [5.74, 6) is 1.60. The Morgan fingerprint density at radius 3 is 2.68 bits per heavy atom. The van der Waals surface area contributed by atoms with E-state index in [9.17, 15) is 4.79 Å². The van der Waals surface area contributed by atoms with E-state index >= 15 is 0 Å². The lowest BCUT2D eigenvalue weighted by atomic mass is 10.1. The highest BCUT2D eigenvalue weighted by atomic mass is 16.5. The van der Waals surface area contributed by atoms with Gasteiger partial charge in [0.1, 0.15) is 0 Å². The smallest absolute Gasteiger partial charge is 0.317 e. The molecule has 0 spiro atoms. The van der Waals surface area contributed by atoms with Crippen molar-refractivity contribution in [3.05, 3.63) is 53.7 Å². The highest BCUT2D eigenvalue weighted by Gasteiger charge is 2.20. The van der Waals surface area contributed by atoms with Gasteiger partial charge in [-0.25, -0.2) is 4.79 Å². The Kier molecular flexibility index (Phi) is 7.19. The number of rotatable bonds is 7. The van der Waals surface area contributed by atoms with Gasteiger partial charge in [-0.2, -0.15) is 4.98 Å². The van der Waals surface area contributed by atoms with E-state index in [1.807, 2.05) is 23.1 Å². The molecule has 1 aromatic heterocycles. The molecule has 3 rings (SSSR count). The van der Waals surface area contributed by atoms with Gasteiger partial charge in [0, 0.05) is 39.1 Å². The molecule has 2 aromatic rings. The molecule has 0 atom stereocenters. The number of carbonyl (C=O) groups is 1. The van der Waals surface area contributed by atoms with Gasteiger partial charge < -0.3 is 14.7 Å². The fourth-order valence-electron chi connectivity index (χ4n) is 3.10. The predicted molar refractivity (Wildman–Crippen MR) is 109 cm³/mol. The van der Waals surface area contributed by atoms with E-state index in [-0.39, 0.29) is 6.03 Å². The molecule has 1 aliphatic rings. The molecule has 2 heterocycles. The summed E-state index contributed by atoms with van der Waals surface area (Å²) in [5.41, 5.74) is 1.21. The number of amides is 2. The van der Waals surface area contributed by atoms with Crippen LogP contribution in [0.15, 0.2) is 40.9 Å². The van der Waals surface area contributed by atoms with E-state index < -0.39 is 0 Å². The SMILES string of the molecule is CC(C)Cc1nc(CNC(=O)N2CCN(CC=Cc3ccccc3)CC2)no1. The molecule has 0 saturated carbocycles. The van der Waals surface area contributed by atoms with Gasteiger partial charge in [-0.05, 0) is 11.5 Å². The average Bonchev–Trinajstić information content (AvgIpc) is 3.14. The maximum atomic E-state index is 12.4. The molecular formula is C21H29N5O2. The second-order valence-electron chi connectivity index (χ2n) is 7.46. The molecule has 7 nitrogen and oxygen atoms in total. The van der Waals surface area contributed by atoms with Gasteiger partial charge in [-0.1, -0.05) is 61.5 Å². The first kappa shape index (κ1) is 20.1. The fraction of sp³-hybridized carbons (Fsp3) is 0.476. The monoisotopic (exact) mass is 383 g/mol. The first-order valence-electron chi connectivity index (χ1n) is 9.88. The Morgan fingerprint density at radius 2 is 1.96 bits per heavy atom. The van der Waals surface area contributed by atoms with Gasteiger partial charge in [0.15, 0.2) is 5.82 Å². The first-order chi connectivity index (χ1) is 13.6. The van der Waals surface area contributed by atoms with Gasteiger partial charge in [-0.15, -0.1) is 0 Å². The van der Waals surface area contributed by atoms with Crippen LogP contribution in [0, 0.1) is 5.92 Å². The number of urea groups is 1. The quantitative estimate of drug-likeness (QED) is 0.796. The van der Waals surface area contributed by atoms with Crippen LogP contribution in [0.4, 0.5) is 4.79 Å². The summed E-state index contributed by atoms with van der Waals surface area (Å²) in [4.78, 5) is 20.9. The van der Waals surface area contributed by atoms with E-state index in [0.29, 0.717) is 24.2 Å². The molecule has 1 N–H and O–H groups in total. The van der Waals surface area contributed by atoms with Crippen molar-refractivity contribution in [2.45, 2.75) is 26.8 Å². The maximum Gasteiger partial charge on any atom is 0.317 e. The summed E-state index contributed by atoms with van der Waals surface area (Å²) < 4.78 is 5.20. The molecule has 1 aromatic carbocycles. The number of nitrogens with zero attached hydrogens (tertiary/aromatic N) is 4. The second kappa shape index (κ2) is 10.0. The molecule has 0 unspecified atom stereocenters. The van der Waals surface area contributed by atoms with Crippen LogP contribution < -0.4 is 5.32 Å². The molecule has 7 heteroatoms. The van der Waals surface area contributed by atoms with Crippen molar-refractivity contribution in [3.8, 4) is 0 Å². The number of aromatic nitrogens is 2. The van der Waals surface area contributed by atoms with Crippen molar-refractivity contribution in [3.63, 3.8) is 0 Å². The molecule has 2 amide bonds. The molecule has 0 aliphatic carbocycles. The Balaban J connectivity index is 1.36. The summed E-state index contributed by atoms with van der Waals surface area (Å²) in [5, 5.41) is 6.81. The second-order valence-corrected chi connectivity index (χ2v) is 7.46. The lowest BCUT2D eigenvalue weighted by molar-refractivity contribution is 0.146. The number of hydrogen-bond acceptors (Lipinski definition) is 5. The van der Waals surface area contributed by atoms with Gasteiger partial charge in [0.2, 0.25) is 5.89 Å². The van der Waals surface area contributed by atoms with Crippen molar-refractivity contribution < 1.29 is 9.32 Å². The van der Waals surface area contributed by atoms with Gasteiger partial charge in [0.05, 0.1) is 6.54 Å². The molecule has 0 radical (unpaired) electrons. The Hall–Kier alpha value is -2.67. The summed E-state index contributed by atoms with van der Waals surface area (Å²) in [6.45, 7) is 8.56. The Bertz CT molecular complexity index is 764. The van der Waals surface area contributed by atoms with Crippen LogP contribution in [-0.2, 0) is 13.0 Å². The van der Waals surface area contributed by atoms with Crippen molar-refractivity contribution in [1.82, 2.24) is 25.3 Å². The van der Waals surface area contributed by atoms with Crippen LogP contribution >= 0.6 is 0 Å². The number of hydrogen-bond donors (Lipinski definition) is 1. The van der Waals surface area contributed by atoms with Gasteiger partial charge in [-0.3, -0.25) is 4.90 Å². The third-order valence-electron chi connectivity index (χ3n) is 4.62. The fourth-order valence-corrected chi connectivity index (χ4v) is 3.10. The average molecular weight is 383 g/mol. The van der Waals surface area contributed by atoms with E-state index in [0.717, 1.165) is 39.1 Å². The first-order valence-corrected chi connectivity index (χ1v) is 9.88. The van der Waals surface area contributed by atoms with E-state index in [4.69, 9.17) is 4.52 Å². The highest BCUT2D eigenvalue weighted by molar-refractivity contribution is 5.74. The topological polar surface area (TPSA) is 74.5 Å². The third kappa shape index (κ3) is 6.20. The van der Waals surface area contributed by atoms with Crippen LogP contribution in [0.25, 0.3) is 6.08 Å². The predicted octanol–water partition coefficient (Wildman–Crippen LogP) is 2.81. The minimum atomic E-state index is -0.0744. The maximum absolute atomic E-state index is 12.4. The van der Waals surface area contributed by atoms with E-state index in [1.165, 1.54) is 5.56 Å². The minimum absolute atomic E-state index is 0.0744. The van der Waals surface area contributed by atoms with E-state index in [1.54, 1.807) is 0 Å². The van der Waals surface area contributed by atoms with Crippen LogP contribution in [-0.4, -0.2) is 58.7 Å². The van der Waals surface area contributed by atoms with E-state index in [2.05, 4.69) is 58.5 Å².